The highest BCUT2D eigenvalue weighted by Crippen LogP contribution is 2.35. The van der Waals surface area contributed by atoms with E-state index in [1.807, 2.05) is 6.20 Å². The first-order valence-electron chi connectivity index (χ1n) is 7.01. The first-order valence-corrected chi connectivity index (χ1v) is 8.00. The zero-order chi connectivity index (χ0) is 13.8. The summed E-state index contributed by atoms with van der Waals surface area (Å²) < 4.78 is 2.30. The number of aromatic nitrogens is 2. The molecule has 0 aliphatic heterocycles. The van der Waals surface area contributed by atoms with Gasteiger partial charge in [0.1, 0.15) is 0 Å². The maximum absolute atomic E-state index is 10.7. The first kappa shape index (κ1) is 14.4. The van der Waals surface area contributed by atoms with Gasteiger partial charge in [0.15, 0.2) is 5.16 Å². The SMILES string of the molecule is CC(C)c1cnc(SCC(=O)O)n1C1CCCCC1. The Hall–Kier alpha value is -0.970. The van der Waals surface area contributed by atoms with Gasteiger partial charge in [0, 0.05) is 17.9 Å². The fourth-order valence-electron chi connectivity index (χ4n) is 2.72. The van der Waals surface area contributed by atoms with E-state index in [1.54, 1.807) is 0 Å². The van der Waals surface area contributed by atoms with Gasteiger partial charge in [-0.3, -0.25) is 4.79 Å². The molecule has 1 heterocycles. The number of thioether (sulfide) groups is 1. The minimum Gasteiger partial charge on any atom is -0.481 e. The lowest BCUT2D eigenvalue weighted by molar-refractivity contribution is -0.133. The van der Waals surface area contributed by atoms with Gasteiger partial charge in [-0.1, -0.05) is 44.9 Å². The van der Waals surface area contributed by atoms with Crippen LogP contribution in [0, 0.1) is 0 Å². The standard InChI is InChI=1S/C14H22N2O2S/c1-10(2)12-8-15-14(19-9-13(17)18)16(12)11-6-4-3-5-7-11/h8,10-11H,3-7,9H2,1-2H3,(H,17,18). The van der Waals surface area contributed by atoms with Gasteiger partial charge < -0.3 is 9.67 Å². The van der Waals surface area contributed by atoms with Gasteiger partial charge in [0.2, 0.25) is 0 Å². The molecule has 1 saturated carbocycles. The van der Waals surface area contributed by atoms with Crippen LogP contribution in [0.15, 0.2) is 11.4 Å². The van der Waals surface area contributed by atoms with Crippen LogP contribution in [0.3, 0.4) is 0 Å². The Kier molecular flexibility index (Phi) is 4.91. The number of carbonyl (C=O) groups is 1. The highest BCUT2D eigenvalue weighted by atomic mass is 32.2. The number of carboxylic acids is 1. The third-order valence-electron chi connectivity index (χ3n) is 3.65. The minimum atomic E-state index is -0.783. The Labute approximate surface area is 118 Å². The normalized spacial score (nSPS) is 17.0. The van der Waals surface area contributed by atoms with E-state index >= 15 is 0 Å². The van der Waals surface area contributed by atoms with E-state index in [1.165, 1.54) is 49.6 Å². The van der Waals surface area contributed by atoms with Crippen molar-refractivity contribution in [2.75, 3.05) is 5.75 Å². The fourth-order valence-corrected chi connectivity index (χ4v) is 3.50. The molecule has 0 spiro atoms. The molecular weight excluding hydrogens is 260 g/mol. The molecule has 0 aromatic carbocycles. The molecule has 5 heteroatoms. The summed E-state index contributed by atoms with van der Waals surface area (Å²) in [6.45, 7) is 4.34. The Morgan fingerprint density at radius 2 is 2.16 bits per heavy atom. The van der Waals surface area contributed by atoms with Crippen LogP contribution in [-0.4, -0.2) is 26.4 Å². The Morgan fingerprint density at radius 1 is 1.47 bits per heavy atom. The molecule has 1 aliphatic rings. The van der Waals surface area contributed by atoms with E-state index in [4.69, 9.17) is 5.11 Å². The highest BCUT2D eigenvalue weighted by molar-refractivity contribution is 7.99. The van der Waals surface area contributed by atoms with Crippen LogP contribution in [0.5, 0.6) is 0 Å². The number of imidazole rings is 1. The van der Waals surface area contributed by atoms with Crippen molar-refractivity contribution in [2.45, 2.75) is 63.1 Å². The Morgan fingerprint density at radius 3 is 2.74 bits per heavy atom. The molecule has 2 rings (SSSR count). The van der Waals surface area contributed by atoms with Crippen molar-refractivity contribution in [3.05, 3.63) is 11.9 Å². The van der Waals surface area contributed by atoms with Gasteiger partial charge >= 0.3 is 5.97 Å². The summed E-state index contributed by atoms with van der Waals surface area (Å²) in [5.41, 5.74) is 1.24. The molecular formula is C14H22N2O2S. The van der Waals surface area contributed by atoms with Crippen LogP contribution in [0.2, 0.25) is 0 Å². The maximum Gasteiger partial charge on any atom is 0.313 e. The van der Waals surface area contributed by atoms with Gasteiger partial charge in [0.05, 0.1) is 5.75 Å². The number of hydrogen-bond acceptors (Lipinski definition) is 3. The van der Waals surface area contributed by atoms with Crippen molar-refractivity contribution in [1.29, 1.82) is 0 Å². The summed E-state index contributed by atoms with van der Waals surface area (Å²) in [6.07, 6.45) is 8.16. The van der Waals surface area contributed by atoms with Gasteiger partial charge in [0.25, 0.3) is 0 Å². The van der Waals surface area contributed by atoms with Crippen LogP contribution in [-0.2, 0) is 4.79 Å². The van der Waals surface area contributed by atoms with Crippen LogP contribution in [0.1, 0.15) is 63.6 Å². The predicted octanol–water partition coefficient (Wildman–Crippen LogP) is 3.69. The smallest absolute Gasteiger partial charge is 0.313 e. The minimum absolute atomic E-state index is 0.0846. The maximum atomic E-state index is 10.7. The number of aliphatic carboxylic acids is 1. The molecule has 1 aliphatic carbocycles. The van der Waals surface area contributed by atoms with Crippen LogP contribution < -0.4 is 0 Å². The Bertz CT molecular complexity index is 437. The number of rotatable bonds is 5. The summed E-state index contributed by atoms with van der Waals surface area (Å²) >= 11 is 1.34. The monoisotopic (exact) mass is 282 g/mol. The van der Waals surface area contributed by atoms with E-state index < -0.39 is 5.97 Å². The lowest BCUT2D eigenvalue weighted by atomic mass is 9.94. The summed E-state index contributed by atoms with van der Waals surface area (Å²) in [6, 6.07) is 0.505. The van der Waals surface area contributed by atoms with E-state index in [9.17, 15) is 4.79 Å². The molecule has 0 unspecified atom stereocenters. The molecule has 1 N–H and O–H groups in total. The lowest BCUT2D eigenvalue weighted by Gasteiger charge is -2.27. The number of carboxylic acid groups (broad SMARTS) is 1. The van der Waals surface area contributed by atoms with Crippen molar-refractivity contribution in [1.82, 2.24) is 9.55 Å². The molecule has 1 aromatic rings. The molecule has 1 fully saturated rings. The molecule has 1 aromatic heterocycles. The van der Waals surface area contributed by atoms with Crippen LogP contribution >= 0.6 is 11.8 Å². The molecule has 19 heavy (non-hydrogen) atoms. The van der Waals surface area contributed by atoms with Crippen LogP contribution in [0.4, 0.5) is 0 Å². The van der Waals surface area contributed by atoms with E-state index in [-0.39, 0.29) is 5.75 Å². The van der Waals surface area contributed by atoms with Gasteiger partial charge in [-0.2, -0.15) is 0 Å². The van der Waals surface area contributed by atoms with E-state index in [0.717, 1.165) is 5.16 Å². The van der Waals surface area contributed by atoms with Crippen LogP contribution in [0.25, 0.3) is 0 Å². The van der Waals surface area contributed by atoms with Gasteiger partial charge in [-0.15, -0.1) is 0 Å². The van der Waals surface area contributed by atoms with E-state index in [0.29, 0.717) is 12.0 Å². The summed E-state index contributed by atoms with van der Waals surface area (Å²) in [4.78, 5) is 15.2. The quantitative estimate of drug-likeness (QED) is 0.837. The average Bonchev–Trinajstić information content (AvgIpc) is 2.81. The van der Waals surface area contributed by atoms with Crippen molar-refractivity contribution in [3.63, 3.8) is 0 Å². The second-order valence-corrected chi connectivity index (χ2v) is 6.41. The second kappa shape index (κ2) is 6.46. The molecule has 4 nitrogen and oxygen atoms in total. The van der Waals surface area contributed by atoms with Gasteiger partial charge in [-0.25, -0.2) is 4.98 Å². The third-order valence-corrected chi connectivity index (χ3v) is 4.60. The van der Waals surface area contributed by atoms with Crippen molar-refractivity contribution < 1.29 is 9.90 Å². The van der Waals surface area contributed by atoms with Crippen molar-refractivity contribution in [2.24, 2.45) is 0 Å². The molecule has 106 valence electrons. The first-order chi connectivity index (χ1) is 9.09. The predicted molar refractivity (Wildman–Crippen MR) is 76.8 cm³/mol. The summed E-state index contributed by atoms with van der Waals surface area (Å²) in [7, 11) is 0. The fraction of sp³-hybridized carbons (Fsp3) is 0.714. The summed E-state index contributed by atoms with van der Waals surface area (Å²) in [5.74, 6) is -0.274. The van der Waals surface area contributed by atoms with E-state index in [2.05, 4.69) is 23.4 Å². The Balaban J connectivity index is 2.24. The largest absolute Gasteiger partial charge is 0.481 e. The zero-order valence-corrected chi connectivity index (χ0v) is 12.4. The molecule has 0 saturated heterocycles. The zero-order valence-electron chi connectivity index (χ0n) is 11.6. The van der Waals surface area contributed by atoms with Crippen molar-refractivity contribution in [3.8, 4) is 0 Å². The highest BCUT2D eigenvalue weighted by Gasteiger charge is 2.23. The number of hydrogen-bond donors (Lipinski definition) is 1. The number of nitrogens with zero attached hydrogens (tertiary/aromatic N) is 2. The topological polar surface area (TPSA) is 55.1 Å². The molecule has 0 atom stereocenters. The van der Waals surface area contributed by atoms with Gasteiger partial charge in [-0.05, 0) is 18.8 Å². The molecule has 0 amide bonds. The van der Waals surface area contributed by atoms with Crippen molar-refractivity contribution >= 4 is 17.7 Å². The molecule has 0 radical (unpaired) electrons. The average molecular weight is 282 g/mol. The summed E-state index contributed by atoms with van der Waals surface area (Å²) in [5, 5.41) is 9.71. The lowest BCUT2D eigenvalue weighted by Crippen LogP contribution is -2.17. The third kappa shape index (κ3) is 3.53. The molecule has 0 bridgehead atoms. The second-order valence-electron chi connectivity index (χ2n) is 5.46.